The second kappa shape index (κ2) is 10.8. The van der Waals surface area contributed by atoms with Crippen molar-refractivity contribution in [2.45, 2.75) is 40.0 Å². The highest BCUT2D eigenvalue weighted by Gasteiger charge is 2.14. The van der Waals surface area contributed by atoms with Crippen molar-refractivity contribution in [3.8, 4) is 0 Å². The third kappa shape index (κ3) is 6.82. The zero-order chi connectivity index (χ0) is 17.1. The summed E-state index contributed by atoms with van der Waals surface area (Å²) in [5.41, 5.74) is 1.28. The van der Waals surface area contributed by atoms with Gasteiger partial charge in [-0.2, -0.15) is 0 Å². The molecule has 128 valence electrons. The van der Waals surface area contributed by atoms with Crippen molar-refractivity contribution in [1.29, 1.82) is 0 Å². The van der Waals surface area contributed by atoms with Crippen LogP contribution in [0, 0.1) is 0 Å². The molecule has 5 nitrogen and oxygen atoms in total. The topological polar surface area (TPSA) is 61.4 Å². The first-order valence-electron chi connectivity index (χ1n) is 8.52. The fraction of sp³-hybridized carbons (Fsp3) is 0.556. The van der Waals surface area contributed by atoms with E-state index in [0.717, 1.165) is 38.9 Å². The van der Waals surface area contributed by atoms with Crippen LogP contribution >= 0.6 is 0 Å². The summed E-state index contributed by atoms with van der Waals surface area (Å²) in [5, 5.41) is 5.88. The summed E-state index contributed by atoms with van der Waals surface area (Å²) in [6.07, 6.45) is 2.86. The number of hydrogen-bond donors (Lipinski definition) is 2. The summed E-state index contributed by atoms with van der Waals surface area (Å²) in [7, 11) is 0. The van der Waals surface area contributed by atoms with Crippen LogP contribution in [0.1, 0.15) is 50.4 Å². The van der Waals surface area contributed by atoms with Gasteiger partial charge in [-0.25, -0.2) is 0 Å². The van der Waals surface area contributed by atoms with Crippen molar-refractivity contribution in [2.75, 3.05) is 31.5 Å². The smallest absolute Gasteiger partial charge is 0.253 e. The third-order valence-corrected chi connectivity index (χ3v) is 3.38. The minimum Gasteiger partial charge on any atom is -0.339 e. The van der Waals surface area contributed by atoms with Crippen LogP contribution in [-0.2, 0) is 4.79 Å². The first-order chi connectivity index (χ1) is 11.1. The van der Waals surface area contributed by atoms with Gasteiger partial charge < -0.3 is 15.5 Å². The van der Waals surface area contributed by atoms with E-state index in [-0.39, 0.29) is 18.4 Å². The molecule has 0 aliphatic carbocycles. The molecule has 5 heteroatoms. The van der Waals surface area contributed by atoms with Gasteiger partial charge in [0.1, 0.15) is 0 Å². The van der Waals surface area contributed by atoms with Crippen LogP contribution in [0.2, 0.25) is 0 Å². The molecule has 0 fully saturated rings. The lowest BCUT2D eigenvalue weighted by atomic mass is 10.1. The zero-order valence-corrected chi connectivity index (χ0v) is 14.5. The molecule has 1 aromatic carbocycles. The monoisotopic (exact) mass is 319 g/mol. The van der Waals surface area contributed by atoms with Gasteiger partial charge in [-0.05, 0) is 44.0 Å². The third-order valence-electron chi connectivity index (χ3n) is 3.38. The largest absolute Gasteiger partial charge is 0.339 e. The first-order valence-corrected chi connectivity index (χ1v) is 8.52. The molecule has 0 radical (unpaired) electrons. The van der Waals surface area contributed by atoms with Gasteiger partial charge >= 0.3 is 0 Å². The van der Waals surface area contributed by atoms with Gasteiger partial charge in [0.15, 0.2) is 0 Å². The molecule has 0 saturated heterocycles. The number of anilines is 1. The van der Waals surface area contributed by atoms with Crippen LogP contribution in [0.5, 0.6) is 0 Å². The molecular formula is C18H29N3O2. The maximum Gasteiger partial charge on any atom is 0.253 e. The lowest BCUT2D eigenvalue weighted by Gasteiger charge is -2.21. The SMILES string of the molecule is CCCNCC(=O)Nc1cccc(C(=O)N(CCC)CCC)c1. The van der Waals surface area contributed by atoms with E-state index in [1.54, 1.807) is 24.3 Å². The Morgan fingerprint density at radius 3 is 2.35 bits per heavy atom. The Hall–Kier alpha value is -1.88. The van der Waals surface area contributed by atoms with Crippen LogP contribution in [-0.4, -0.2) is 42.9 Å². The molecule has 2 amide bonds. The number of rotatable bonds is 10. The highest BCUT2D eigenvalue weighted by Crippen LogP contribution is 2.13. The van der Waals surface area contributed by atoms with Crippen molar-refractivity contribution in [1.82, 2.24) is 10.2 Å². The average Bonchev–Trinajstić information content (AvgIpc) is 2.54. The van der Waals surface area contributed by atoms with E-state index in [1.165, 1.54) is 0 Å². The van der Waals surface area contributed by atoms with E-state index in [9.17, 15) is 9.59 Å². The maximum absolute atomic E-state index is 12.6. The molecule has 0 aliphatic heterocycles. The Labute approximate surface area is 139 Å². The molecule has 0 heterocycles. The van der Waals surface area contributed by atoms with E-state index >= 15 is 0 Å². The van der Waals surface area contributed by atoms with Gasteiger partial charge in [0, 0.05) is 24.3 Å². The van der Waals surface area contributed by atoms with Crippen LogP contribution in [0.4, 0.5) is 5.69 Å². The Morgan fingerprint density at radius 2 is 1.74 bits per heavy atom. The molecule has 2 N–H and O–H groups in total. The van der Waals surface area contributed by atoms with Crippen molar-refractivity contribution < 1.29 is 9.59 Å². The molecule has 1 aromatic rings. The number of nitrogens with zero attached hydrogens (tertiary/aromatic N) is 1. The van der Waals surface area contributed by atoms with Crippen LogP contribution in [0.25, 0.3) is 0 Å². The summed E-state index contributed by atoms with van der Waals surface area (Å²) < 4.78 is 0. The maximum atomic E-state index is 12.6. The standard InChI is InChI=1S/C18H29N3O2/c1-4-10-19-14-17(22)20-16-9-7-8-15(13-16)18(23)21(11-5-2)12-6-3/h7-9,13,19H,4-6,10-12,14H2,1-3H3,(H,20,22). The number of amides is 2. The highest BCUT2D eigenvalue weighted by molar-refractivity contribution is 5.97. The number of carbonyl (C=O) groups is 2. The molecule has 0 spiro atoms. The van der Waals surface area contributed by atoms with E-state index in [0.29, 0.717) is 11.3 Å². The molecule has 0 unspecified atom stereocenters. The summed E-state index contributed by atoms with van der Waals surface area (Å²) in [6, 6.07) is 7.15. The Kier molecular flexibility index (Phi) is 8.98. The number of benzene rings is 1. The van der Waals surface area contributed by atoms with Crippen molar-refractivity contribution >= 4 is 17.5 Å². The second-order valence-electron chi connectivity index (χ2n) is 5.60. The Morgan fingerprint density at radius 1 is 1.04 bits per heavy atom. The van der Waals surface area contributed by atoms with Crippen LogP contribution in [0.15, 0.2) is 24.3 Å². The highest BCUT2D eigenvalue weighted by atomic mass is 16.2. The Bertz CT molecular complexity index is 497. The molecule has 0 saturated carbocycles. The van der Waals surface area contributed by atoms with Gasteiger partial charge in [0.25, 0.3) is 5.91 Å². The van der Waals surface area contributed by atoms with Gasteiger partial charge in [0.05, 0.1) is 6.54 Å². The first kappa shape index (κ1) is 19.2. The summed E-state index contributed by atoms with van der Waals surface area (Å²) in [4.78, 5) is 26.3. The lowest BCUT2D eigenvalue weighted by molar-refractivity contribution is -0.115. The number of carbonyl (C=O) groups excluding carboxylic acids is 2. The summed E-state index contributed by atoms with van der Waals surface area (Å²) in [6.45, 7) is 8.79. The second-order valence-corrected chi connectivity index (χ2v) is 5.60. The molecule has 0 atom stereocenters. The van der Waals surface area contributed by atoms with Crippen molar-refractivity contribution in [2.24, 2.45) is 0 Å². The fourth-order valence-electron chi connectivity index (χ4n) is 2.35. The zero-order valence-electron chi connectivity index (χ0n) is 14.5. The minimum absolute atomic E-state index is 0.0221. The molecule has 23 heavy (non-hydrogen) atoms. The van der Waals surface area contributed by atoms with E-state index in [4.69, 9.17) is 0 Å². The molecular weight excluding hydrogens is 290 g/mol. The fourth-order valence-corrected chi connectivity index (χ4v) is 2.35. The number of hydrogen-bond acceptors (Lipinski definition) is 3. The van der Waals surface area contributed by atoms with Gasteiger partial charge in [-0.3, -0.25) is 9.59 Å². The van der Waals surface area contributed by atoms with E-state index < -0.39 is 0 Å². The lowest BCUT2D eigenvalue weighted by Crippen LogP contribution is -2.32. The summed E-state index contributed by atoms with van der Waals surface area (Å²) >= 11 is 0. The number of nitrogens with one attached hydrogen (secondary N) is 2. The van der Waals surface area contributed by atoms with Gasteiger partial charge in [0.2, 0.25) is 5.91 Å². The van der Waals surface area contributed by atoms with Crippen LogP contribution in [0.3, 0.4) is 0 Å². The Balaban J connectivity index is 2.71. The molecule has 1 rings (SSSR count). The quantitative estimate of drug-likeness (QED) is 0.652. The van der Waals surface area contributed by atoms with Crippen LogP contribution < -0.4 is 10.6 Å². The van der Waals surface area contributed by atoms with Crippen molar-refractivity contribution in [3.05, 3.63) is 29.8 Å². The molecule has 0 aromatic heterocycles. The van der Waals surface area contributed by atoms with E-state index in [2.05, 4.69) is 31.4 Å². The van der Waals surface area contributed by atoms with Gasteiger partial charge in [-0.15, -0.1) is 0 Å². The normalized spacial score (nSPS) is 10.4. The molecule has 0 bridgehead atoms. The van der Waals surface area contributed by atoms with Crippen molar-refractivity contribution in [3.63, 3.8) is 0 Å². The summed E-state index contributed by atoms with van der Waals surface area (Å²) in [5.74, 6) is -0.0732. The van der Waals surface area contributed by atoms with Gasteiger partial charge in [-0.1, -0.05) is 26.8 Å². The van der Waals surface area contributed by atoms with E-state index in [1.807, 2.05) is 4.90 Å². The molecule has 0 aliphatic rings. The predicted octanol–water partition coefficient (Wildman–Crippen LogP) is 2.89. The minimum atomic E-state index is -0.0954. The average molecular weight is 319 g/mol. The predicted molar refractivity (Wildman–Crippen MR) is 94.7 cm³/mol.